The van der Waals surface area contributed by atoms with E-state index >= 15 is 0 Å². The fraction of sp³-hybridized carbons (Fsp3) is 0.200. The van der Waals surface area contributed by atoms with Crippen molar-refractivity contribution in [2.45, 2.75) is 12.8 Å². The molecule has 0 amide bonds. The van der Waals surface area contributed by atoms with E-state index in [0.717, 1.165) is 6.42 Å². The molecule has 0 unspecified atom stereocenters. The molecule has 12 heavy (non-hydrogen) atoms. The summed E-state index contributed by atoms with van der Waals surface area (Å²) in [5.41, 5.74) is 1.24. The van der Waals surface area contributed by atoms with Gasteiger partial charge in [-0.25, -0.2) is 0 Å². The van der Waals surface area contributed by atoms with Gasteiger partial charge in [-0.1, -0.05) is 18.7 Å². The molecule has 0 aliphatic heterocycles. The normalized spacial score (nSPS) is 9.75. The highest BCUT2D eigenvalue weighted by atomic mass is 127. The van der Waals surface area contributed by atoms with Crippen molar-refractivity contribution in [2.24, 2.45) is 0 Å². The Labute approximate surface area is 86.3 Å². The Kier molecular flexibility index (Phi) is 3.59. The van der Waals surface area contributed by atoms with Gasteiger partial charge in [0.2, 0.25) is 0 Å². The van der Waals surface area contributed by atoms with Crippen molar-refractivity contribution in [1.82, 2.24) is 0 Å². The average molecular weight is 274 g/mol. The van der Waals surface area contributed by atoms with Crippen molar-refractivity contribution in [1.29, 1.82) is 0 Å². The number of rotatable bonds is 3. The summed E-state index contributed by atoms with van der Waals surface area (Å²) < 4.78 is 1.24. The number of halogens is 1. The topological polar surface area (TPSA) is 20.2 Å². The predicted molar refractivity (Wildman–Crippen MR) is 59.2 cm³/mol. The van der Waals surface area contributed by atoms with Gasteiger partial charge in [-0.3, -0.25) is 0 Å². The highest BCUT2D eigenvalue weighted by Gasteiger charge is 1.94. The Morgan fingerprint density at radius 3 is 2.42 bits per heavy atom. The molecule has 1 aromatic carbocycles. The first-order chi connectivity index (χ1) is 5.68. The quantitative estimate of drug-likeness (QED) is 0.662. The second-order valence-electron chi connectivity index (χ2n) is 2.69. The van der Waals surface area contributed by atoms with Crippen LogP contribution in [0.5, 0.6) is 0 Å². The predicted octanol–water partition coefficient (Wildman–Crippen LogP) is 3.30. The van der Waals surface area contributed by atoms with Crippen molar-refractivity contribution in [3.63, 3.8) is 0 Å². The fourth-order valence-corrected chi connectivity index (χ4v) is 1.30. The van der Waals surface area contributed by atoms with E-state index in [1.54, 1.807) is 0 Å². The third kappa shape index (κ3) is 3.26. The Bertz CT molecular complexity index is 264. The lowest BCUT2D eigenvalue weighted by Gasteiger charge is -1.99. The summed E-state index contributed by atoms with van der Waals surface area (Å²) in [6.45, 7) is 3.44. The number of benzene rings is 1. The van der Waals surface area contributed by atoms with E-state index in [9.17, 15) is 0 Å². The Hall–Kier alpha value is -0.510. The van der Waals surface area contributed by atoms with Crippen LogP contribution in [-0.2, 0) is 6.42 Å². The lowest BCUT2D eigenvalue weighted by Crippen LogP contribution is -1.86. The van der Waals surface area contributed by atoms with Crippen molar-refractivity contribution < 1.29 is 5.11 Å². The van der Waals surface area contributed by atoms with Crippen molar-refractivity contribution in [2.75, 3.05) is 0 Å². The maximum absolute atomic E-state index is 8.87. The lowest BCUT2D eigenvalue weighted by molar-refractivity contribution is 0.391. The number of allylic oxidation sites excluding steroid dienone is 1. The van der Waals surface area contributed by atoms with E-state index in [1.165, 1.54) is 9.13 Å². The molecular formula is C10H11IO. The zero-order chi connectivity index (χ0) is 8.97. The van der Waals surface area contributed by atoms with Crippen LogP contribution in [0.15, 0.2) is 36.6 Å². The number of hydrogen-bond donors (Lipinski definition) is 1. The molecule has 1 aromatic rings. The molecule has 1 rings (SSSR count). The molecule has 64 valence electrons. The van der Waals surface area contributed by atoms with Crippen LogP contribution in [0.3, 0.4) is 0 Å². The molecule has 0 aromatic heterocycles. The van der Waals surface area contributed by atoms with Crippen LogP contribution in [0, 0.1) is 3.57 Å². The monoisotopic (exact) mass is 274 g/mol. The van der Waals surface area contributed by atoms with Gasteiger partial charge in [0.1, 0.15) is 0 Å². The van der Waals surface area contributed by atoms with Gasteiger partial charge < -0.3 is 5.11 Å². The van der Waals surface area contributed by atoms with Crippen molar-refractivity contribution >= 4 is 22.6 Å². The summed E-state index contributed by atoms with van der Waals surface area (Å²) in [7, 11) is 0. The van der Waals surface area contributed by atoms with E-state index in [-0.39, 0.29) is 5.76 Å². The zero-order valence-electron chi connectivity index (χ0n) is 6.76. The van der Waals surface area contributed by atoms with Gasteiger partial charge in [0, 0.05) is 9.99 Å². The van der Waals surface area contributed by atoms with Gasteiger partial charge in [0.25, 0.3) is 0 Å². The summed E-state index contributed by atoms with van der Waals surface area (Å²) in [4.78, 5) is 0. The highest BCUT2D eigenvalue weighted by molar-refractivity contribution is 14.1. The van der Waals surface area contributed by atoms with Crippen LogP contribution >= 0.6 is 22.6 Å². The van der Waals surface area contributed by atoms with E-state index in [1.807, 2.05) is 0 Å². The lowest BCUT2D eigenvalue weighted by atomic mass is 10.1. The maximum atomic E-state index is 8.87. The van der Waals surface area contributed by atoms with Gasteiger partial charge >= 0.3 is 0 Å². The van der Waals surface area contributed by atoms with Gasteiger partial charge in [-0.05, 0) is 46.7 Å². The summed E-state index contributed by atoms with van der Waals surface area (Å²) >= 11 is 2.27. The average Bonchev–Trinajstić information content (AvgIpc) is 2.03. The Balaban J connectivity index is 2.53. The first-order valence-corrected chi connectivity index (χ1v) is 4.87. The molecule has 0 heterocycles. The van der Waals surface area contributed by atoms with Crippen LogP contribution in [0.1, 0.15) is 12.0 Å². The van der Waals surface area contributed by atoms with Crippen LogP contribution in [0.25, 0.3) is 0 Å². The molecule has 0 atom stereocenters. The first-order valence-electron chi connectivity index (χ1n) is 3.79. The second-order valence-corrected chi connectivity index (χ2v) is 3.94. The number of aryl methyl sites for hydroxylation is 1. The Morgan fingerprint density at radius 2 is 1.92 bits per heavy atom. The molecular weight excluding hydrogens is 263 g/mol. The number of hydrogen-bond acceptors (Lipinski definition) is 1. The van der Waals surface area contributed by atoms with Gasteiger partial charge in [0.05, 0.1) is 5.76 Å². The smallest absolute Gasteiger partial charge is 0.0854 e. The molecule has 0 saturated heterocycles. The third-order valence-corrected chi connectivity index (χ3v) is 2.33. The molecule has 0 fully saturated rings. The maximum Gasteiger partial charge on any atom is 0.0854 e. The molecule has 0 aliphatic rings. The largest absolute Gasteiger partial charge is 0.513 e. The molecule has 0 saturated carbocycles. The van der Waals surface area contributed by atoms with Gasteiger partial charge in [-0.2, -0.15) is 0 Å². The van der Waals surface area contributed by atoms with E-state index < -0.39 is 0 Å². The minimum atomic E-state index is 0.258. The van der Waals surface area contributed by atoms with E-state index in [2.05, 4.69) is 53.4 Å². The SMILES string of the molecule is C=C(O)CCc1ccc(I)cc1. The molecule has 0 radical (unpaired) electrons. The second kappa shape index (κ2) is 4.50. The summed E-state index contributed by atoms with van der Waals surface area (Å²) in [5.74, 6) is 0.258. The minimum Gasteiger partial charge on any atom is -0.513 e. The van der Waals surface area contributed by atoms with Gasteiger partial charge in [0.15, 0.2) is 0 Å². The molecule has 1 nitrogen and oxygen atoms in total. The summed E-state index contributed by atoms with van der Waals surface area (Å²) in [6, 6.07) is 8.28. The minimum absolute atomic E-state index is 0.258. The first kappa shape index (κ1) is 9.58. The van der Waals surface area contributed by atoms with Crippen LogP contribution in [0.2, 0.25) is 0 Å². The molecule has 0 bridgehead atoms. The standard InChI is InChI=1S/C10H11IO/c1-8(12)2-3-9-4-6-10(11)7-5-9/h4-7,12H,1-3H2. The van der Waals surface area contributed by atoms with Crippen molar-refractivity contribution in [3.8, 4) is 0 Å². The fourth-order valence-electron chi connectivity index (χ4n) is 0.940. The van der Waals surface area contributed by atoms with Crippen LogP contribution in [0.4, 0.5) is 0 Å². The van der Waals surface area contributed by atoms with Crippen LogP contribution in [-0.4, -0.2) is 5.11 Å². The third-order valence-electron chi connectivity index (χ3n) is 1.62. The molecule has 0 spiro atoms. The number of aliphatic hydroxyl groups excluding tert-OH is 1. The highest BCUT2D eigenvalue weighted by Crippen LogP contribution is 2.09. The van der Waals surface area contributed by atoms with E-state index in [0.29, 0.717) is 6.42 Å². The molecule has 0 aliphatic carbocycles. The number of aliphatic hydroxyl groups is 1. The summed E-state index contributed by atoms with van der Waals surface area (Å²) in [5, 5.41) is 8.87. The zero-order valence-corrected chi connectivity index (χ0v) is 8.91. The molecule has 1 N–H and O–H groups in total. The van der Waals surface area contributed by atoms with Crippen molar-refractivity contribution in [3.05, 3.63) is 45.7 Å². The summed E-state index contributed by atoms with van der Waals surface area (Å²) in [6.07, 6.45) is 1.52. The molecule has 2 heteroatoms. The van der Waals surface area contributed by atoms with Crippen LogP contribution < -0.4 is 0 Å². The Morgan fingerprint density at radius 1 is 1.33 bits per heavy atom. The van der Waals surface area contributed by atoms with E-state index in [4.69, 9.17) is 5.11 Å². The van der Waals surface area contributed by atoms with Gasteiger partial charge in [-0.15, -0.1) is 0 Å².